The summed E-state index contributed by atoms with van der Waals surface area (Å²) in [5, 5.41) is 15.0. The SMILES string of the molecule is CC(C)(NC(=O)NCC(CCO)c1ccccc1)c1ccc(F)cc1. The summed E-state index contributed by atoms with van der Waals surface area (Å²) in [6.45, 7) is 4.21. The first-order valence-electron chi connectivity index (χ1n) is 8.40. The van der Waals surface area contributed by atoms with Crippen LogP contribution in [0.25, 0.3) is 0 Å². The number of hydrogen-bond donors (Lipinski definition) is 3. The summed E-state index contributed by atoms with van der Waals surface area (Å²) in [5.74, 6) is -0.260. The van der Waals surface area contributed by atoms with Gasteiger partial charge in [-0.15, -0.1) is 0 Å². The second-order valence-corrected chi connectivity index (χ2v) is 6.59. The minimum Gasteiger partial charge on any atom is -0.396 e. The van der Waals surface area contributed by atoms with E-state index < -0.39 is 5.54 Å². The zero-order chi connectivity index (χ0) is 18.3. The van der Waals surface area contributed by atoms with Gasteiger partial charge >= 0.3 is 6.03 Å². The predicted molar refractivity (Wildman–Crippen MR) is 96.8 cm³/mol. The molecule has 0 aromatic heterocycles. The number of aliphatic hydroxyl groups is 1. The van der Waals surface area contributed by atoms with Gasteiger partial charge in [0.25, 0.3) is 0 Å². The van der Waals surface area contributed by atoms with Crippen molar-refractivity contribution in [1.82, 2.24) is 10.6 Å². The number of rotatable bonds is 7. The van der Waals surface area contributed by atoms with E-state index in [9.17, 15) is 14.3 Å². The fraction of sp³-hybridized carbons (Fsp3) is 0.350. The first-order chi connectivity index (χ1) is 11.9. The highest BCUT2D eigenvalue weighted by molar-refractivity contribution is 5.75. The van der Waals surface area contributed by atoms with E-state index in [1.165, 1.54) is 12.1 Å². The first kappa shape index (κ1) is 18.9. The third-order valence-corrected chi connectivity index (χ3v) is 4.25. The van der Waals surface area contributed by atoms with E-state index in [0.29, 0.717) is 13.0 Å². The van der Waals surface area contributed by atoms with Crippen molar-refractivity contribution in [2.45, 2.75) is 31.7 Å². The van der Waals surface area contributed by atoms with Crippen molar-refractivity contribution in [3.05, 3.63) is 71.5 Å². The number of amides is 2. The lowest BCUT2D eigenvalue weighted by Crippen LogP contribution is -2.47. The second kappa shape index (κ2) is 8.62. The fourth-order valence-corrected chi connectivity index (χ4v) is 2.75. The van der Waals surface area contributed by atoms with Gasteiger partial charge in [-0.25, -0.2) is 9.18 Å². The summed E-state index contributed by atoms with van der Waals surface area (Å²) < 4.78 is 13.1. The van der Waals surface area contributed by atoms with Crippen molar-refractivity contribution >= 4 is 6.03 Å². The van der Waals surface area contributed by atoms with Gasteiger partial charge in [-0.3, -0.25) is 0 Å². The molecule has 0 saturated carbocycles. The van der Waals surface area contributed by atoms with E-state index in [1.54, 1.807) is 12.1 Å². The van der Waals surface area contributed by atoms with Crippen LogP contribution in [0.15, 0.2) is 54.6 Å². The summed E-state index contributed by atoms with van der Waals surface area (Å²) in [6.07, 6.45) is 0.575. The zero-order valence-electron chi connectivity index (χ0n) is 14.6. The van der Waals surface area contributed by atoms with Gasteiger partial charge in [0.15, 0.2) is 0 Å². The zero-order valence-corrected chi connectivity index (χ0v) is 14.6. The summed E-state index contributed by atoms with van der Waals surface area (Å²) >= 11 is 0. The number of carbonyl (C=O) groups excluding carboxylic acids is 1. The van der Waals surface area contributed by atoms with Crippen LogP contribution in [0.1, 0.15) is 37.3 Å². The van der Waals surface area contributed by atoms with Gasteiger partial charge in [0.1, 0.15) is 5.82 Å². The van der Waals surface area contributed by atoms with Crippen LogP contribution in [-0.4, -0.2) is 24.3 Å². The Labute approximate surface area is 148 Å². The standard InChI is InChI=1S/C20H25FN2O2/c1-20(2,17-8-10-18(21)11-9-17)23-19(25)22-14-16(12-13-24)15-6-4-3-5-7-15/h3-11,16,24H,12-14H2,1-2H3,(H2,22,23,25). The second-order valence-electron chi connectivity index (χ2n) is 6.59. The topological polar surface area (TPSA) is 61.4 Å². The molecule has 0 spiro atoms. The molecule has 0 aliphatic carbocycles. The number of carbonyl (C=O) groups is 1. The number of halogens is 1. The minimum absolute atomic E-state index is 0.0471. The molecule has 134 valence electrons. The molecule has 0 fully saturated rings. The Hall–Kier alpha value is -2.40. The first-order valence-corrected chi connectivity index (χ1v) is 8.40. The Balaban J connectivity index is 1.95. The molecule has 0 aliphatic heterocycles. The maximum atomic E-state index is 13.1. The maximum Gasteiger partial charge on any atom is 0.315 e. The van der Waals surface area contributed by atoms with Crippen LogP contribution in [-0.2, 0) is 5.54 Å². The van der Waals surface area contributed by atoms with Crippen molar-refractivity contribution in [2.75, 3.05) is 13.2 Å². The lowest BCUT2D eigenvalue weighted by Gasteiger charge is -2.27. The molecule has 1 unspecified atom stereocenters. The summed E-state index contributed by atoms with van der Waals surface area (Å²) in [5.41, 5.74) is 1.27. The van der Waals surface area contributed by atoms with Gasteiger partial charge in [0.2, 0.25) is 0 Å². The number of aliphatic hydroxyl groups excluding tert-OH is 1. The van der Waals surface area contributed by atoms with Crippen LogP contribution >= 0.6 is 0 Å². The average Bonchev–Trinajstić information content (AvgIpc) is 2.59. The van der Waals surface area contributed by atoms with E-state index in [1.807, 2.05) is 44.2 Å². The Kier molecular flexibility index (Phi) is 6.53. The van der Waals surface area contributed by atoms with Gasteiger partial charge in [0.05, 0.1) is 5.54 Å². The number of urea groups is 1. The highest BCUT2D eigenvalue weighted by Gasteiger charge is 2.23. The van der Waals surface area contributed by atoms with Crippen molar-refractivity contribution in [3.8, 4) is 0 Å². The van der Waals surface area contributed by atoms with Crippen LogP contribution < -0.4 is 10.6 Å². The molecule has 0 bridgehead atoms. The Morgan fingerprint density at radius 1 is 1.12 bits per heavy atom. The molecule has 2 aromatic carbocycles. The number of nitrogens with one attached hydrogen (secondary N) is 2. The Morgan fingerprint density at radius 2 is 1.76 bits per heavy atom. The quantitative estimate of drug-likeness (QED) is 0.720. The van der Waals surface area contributed by atoms with Crippen LogP contribution in [0, 0.1) is 5.82 Å². The molecule has 2 aromatic rings. The van der Waals surface area contributed by atoms with E-state index in [-0.39, 0.29) is 24.4 Å². The van der Waals surface area contributed by atoms with Gasteiger partial charge in [-0.1, -0.05) is 42.5 Å². The molecule has 0 aliphatic rings. The molecule has 2 amide bonds. The van der Waals surface area contributed by atoms with Crippen LogP contribution in [0.4, 0.5) is 9.18 Å². The van der Waals surface area contributed by atoms with Crippen molar-refractivity contribution in [1.29, 1.82) is 0 Å². The van der Waals surface area contributed by atoms with Crippen LogP contribution in [0.3, 0.4) is 0 Å². The average molecular weight is 344 g/mol. The monoisotopic (exact) mass is 344 g/mol. The molecule has 3 N–H and O–H groups in total. The lowest BCUT2D eigenvalue weighted by atomic mass is 9.94. The molecule has 4 nitrogen and oxygen atoms in total. The van der Waals surface area contributed by atoms with Gasteiger partial charge in [-0.05, 0) is 43.5 Å². The van der Waals surface area contributed by atoms with Crippen molar-refractivity contribution in [3.63, 3.8) is 0 Å². The third-order valence-electron chi connectivity index (χ3n) is 4.25. The summed E-state index contributed by atoms with van der Waals surface area (Å²) in [7, 11) is 0. The number of benzene rings is 2. The van der Waals surface area contributed by atoms with Gasteiger partial charge in [-0.2, -0.15) is 0 Å². The highest BCUT2D eigenvalue weighted by Crippen LogP contribution is 2.21. The molecule has 1 atom stereocenters. The molecule has 25 heavy (non-hydrogen) atoms. The lowest BCUT2D eigenvalue weighted by molar-refractivity contribution is 0.227. The Bertz CT molecular complexity index is 672. The molecule has 0 radical (unpaired) electrons. The smallest absolute Gasteiger partial charge is 0.315 e. The molecule has 5 heteroatoms. The minimum atomic E-state index is -0.628. The maximum absolute atomic E-state index is 13.1. The van der Waals surface area contributed by atoms with Gasteiger partial charge in [0, 0.05) is 19.1 Å². The molecular formula is C20H25FN2O2. The van der Waals surface area contributed by atoms with Crippen LogP contribution in [0.5, 0.6) is 0 Å². The largest absolute Gasteiger partial charge is 0.396 e. The van der Waals surface area contributed by atoms with Crippen LogP contribution in [0.2, 0.25) is 0 Å². The number of hydrogen-bond acceptors (Lipinski definition) is 2. The molecular weight excluding hydrogens is 319 g/mol. The van der Waals surface area contributed by atoms with E-state index >= 15 is 0 Å². The normalized spacial score (nSPS) is 12.5. The Morgan fingerprint density at radius 3 is 2.36 bits per heavy atom. The van der Waals surface area contributed by atoms with Gasteiger partial charge < -0.3 is 15.7 Å². The molecule has 2 rings (SSSR count). The highest BCUT2D eigenvalue weighted by atomic mass is 19.1. The van der Waals surface area contributed by atoms with Crippen molar-refractivity contribution in [2.24, 2.45) is 0 Å². The molecule has 0 saturated heterocycles. The predicted octanol–water partition coefficient (Wildman–Crippen LogP) is 3.53. The molecule has 0 heterocycles. The fourth-order valence-electron chi connectivity index (χ4n) is 2.75. The van der Waals surface area contributed by atoms with E-state index in [4.69, 9.17) is 0 Å². The van der Waals surface area contributed by atoms with E-state index in [0.717, 1.165) is 11.1 Å². The summed E-state index contributed by atoms with van der Waals surface area (Å²) in [4.78, 5) is 12.3. The van der Waals surface area contributed by atoms with Crippen molar-refractivity contribution < 1.29 is 14.3 Å². The third kappa shape index (κ3) is 5.57. The summed E-state index contributed by atoms with van der Waals surface area (Å²) in [6, 6.07) is 15.6. The van der Waals surface area contributed by atoms with E-state index in [2.05, 4.69) is 10.6 Å².